The molecule has 7 heteroatoms. The topological polar surface area (TPSA) is 89.0 Å². The molecule has 0 aromatic heterocycles. The summed E-state index contributed by atoms with van der Waals surface area (Å²) in [6.07, 6.45) is 2.57. The number of hydrogen-bond acceptors (Lipinski definition) is 5. The summed E-state index contributed by atoms with van der Waals surface area (Å²) < 4.78 is 10.6. The maximum absolute atomic E-state index is 11.9. The average molecular weight is 383 g/mol. The van der Waals surface area contributed by atoms with E-state index >= 15 is 0 Å². The molecule has 2 aromatic rings. The second kappa shape index (κ2) is 11.4. The highest BCUT2D eigenvalue weighted by Crippen LogP contribution is 2.15. The van der Waals surface area contributed by atoms with Crippen molar-refractivity contribution in [1.29, 1.82) is 0 Å². The van der Waals surface area contributed by atoms with Gasteiger partial charge in [0.1, 0.15) is 11.5 Å². The maximum Gasteiger partial charge on any atom is 0.240 e. The lowest BCUT2D eigenvalue weighted by Crippen LogP contribution is -2.20. The number of methoxy groups -OCH3 is 1. The van der Waals surface area contributed by atoms with Gasteiger partial charge in [0.2, 0.25) is 11.8 Å². The van der Waals surface area contributed by atoms with Crippen LogP contribution in [0.25, 0.3) is 0 Å². The molecule has 28 heavy (non-hydrogen) atoms. The Bertz CT molecular complexity index is 804. The van der Waals surface area contributed by atoms with Crippen molar-refractivity contribution in [3.8, 4) is 11.5 Å². The van der Waals surface area contributed by atoms with Gasteiger partial charge in [0.05, 0.1) is 19.9 Å². The first kappa shape index (κ1) is 21.0. The van der Waals surface area contributed by atoms with Crippen LogP contribution in [0.4, 0.5) is 5.69 Å². The lowest BCUT2D eigenvalue weighted by Gasteiger charge is -2.06. The van der Waals surface area contributed by atoms with Gasteiger partial charge in [-0.25, -0.2) is 5.43 Å². The van der Waals surface area contributed by atoms with Crippen LogP contribution in [0, 0.1) is 0 Å². The first-order valence-corrected chi connectivity index (χ1v) is 9.09. The largest absolute Gasteiger partial charge is 0.497 e. The highest BCUT2D eigenvalue weighted by molar-refractivity contribution is 5.93. The Morgan fingerprint density at radius 1 is 1.04 bits per heavy atom. The number of nitrogens with zero attached hydrogens (tertiary/aromatic N) is 1. The minimum absolute atomic E-state index is 0.0407. The van der Waals surface area contributed by atoms with Crippen molar-refractivity contribution in [1.82, 2.24) is 5.43 Å². The van der Waals surface area contributed by atoms with E-state index in [1.807, 2.05) is 31.2 Å². The molecular weight excluding hydrogens is 358 g/mol. The van der Waals surface area contributed by atoms with Crippen LogP contribution in [0.1, 0.15) is 31.7 Å². The molecule has 0 saturated heterocycles. The van der Waals surface area contributed by atoms with Crippen LogP contribution in [0.2, 0.25) is 0 Å². The lowest BCUT2D eigenvalue weighted by molar-refractivity contribution is -0.124. The van der Waals surface area contributed by atoms with E-state index in [0.717, 1.165) is 17.7 Å². The van der Waals surface area contributed by atoms with E-state index in [1.54, 1.807) is 31.4 Å². The zero-order valence-corrected chi connectivity index (χ0v) is 16.1. The second-order valence-corrected chi connectivity index (χ2v) is 5.99. The van der Waals surface area contributed by atoms with Crippen LogP contribution < -0.4 is 20.2 Å². The number of ether oxygens (including phenoxy) is 2. The summed E-state index contributed by atoms with van der Waals surface area (Å²) in [5.74, 6) is 0.884. The van der Waals surface area contributed by atoms with Gasteiger partial charge in [0.15, 0.2) is 0 Å². The monoisotopic (exact) mass is 383 g/mol. The molecule has 0 fully saturated rings. The van der Waals surface area contributed by atoms with Crippen molar-refractivity contribution in [2.45, 2.75) is 26.2 Å². The number of rotatable bonds is 10. The quantitative estimate of drug-likeness (QED) is 0.486. The summed E-state index contributed by atoms with van der Waals surface area (Å²) in [5.41, 5.74) is 3.88. The van der Waals surface area contributed by atoms with Crippen molar-refractivity contribution in [2.24, 2.45) is 5.10 Å². The summed E-state index contributed by atoms with van der Waals surface area (Å²) in [7, 11) is 1.58. The molecule has 0 aliphatic heterocycles. The first-order chi connectivity index (χ1) is 13.6. The van der Waals surface area contributed by atoms with Crippen molar-refractivity contribution in [3.63, 3.8) is 0 Å². The van der Waals surface area contributed by atoms with E-state index in [2.05, 4.69) is 15.8 Å². The van der Waals surface area contributed by atoms with E-state index in [4.69, 9.17) is 9.47 Å². The number of benzene rings is 2. The van der Waals surface area contributed by atoms with Crippen LogP contribution in [0.3, 0.4) is 0 Å². The number of carbonyl (C=O) groups is 2. The fourth-order valence-electron chi connectivity index (χ4n) is 2.26. The Morgan fingerprint density at radius 2 is 1.79 bits per heavy atom. The van der Waals surface area contributed by atoms with E-state index in [0.29, 0.717) is 18.0 Å². The van der Waals surface area contributed by atoms with E-state index in [9.17, 15) is 9.59 Å². The van der Waals surface area contributed by atoms with Gasteiger partial charge in [-0.1, -0.05) is 19.1 Å². The summed E-state index contributed by atoms with van der Waals surface area (Å²) in [5, 5.41) is 6.64. The average Bonchev–Trinajstić information content (AvgIpc) is 2.71. The molecule has 7 nitrogen and oxygen atoms in total. The van der Waals surface area contributed by atoms with Crippen molar-refractivity contribution < 1.29 is 19.1 Å². The molecule has 0 aliphatic carbocycles. The second-order valence-electron chi connectivity index (χ2n) is 5.99. The van der Waals surface area contributed by atoms with Gasteiger partial charge in [-0.15, -0.1) is 0 Å². The van der Waals surface area contributed by atoms with Crippen LogP contribution >= 0.6 is 0 Å². The summed E-state index contributed by atoms with van der Waals surface area (Å²) in [6.45, 7) is 2.69. The standard InChI is InChI=1S/C21H25N3O4/c1-3-13-28-19-6-4-5-16(14-19)15-22-24-21(26)12-11-20(25)23-17-7-9-18(27-2)10-8-17/h4-10,14-15H,3,11-13H2,1-2H3,(H,23,25)(H,24,26). The maximum atomic E-state index is 11.9. The molecule has 0 radical (unpaired) electrons. The molecule has 0 aliphatic rings. The fourth-order valence-corrected chi connectivity index (χ4v) is 2.26. The van der Waals surface area contributed by atoms with Gasteiger partial charge in [-0.2, -0.15) is 5.10 Å². The van der Waals surface area contributed by atoms with Gasteiger partial charge in [-0.05, 0) is 48.4 Å². The van der Waals surface area contributed by atoms with E-state index in [-0.39, 0.29) is 24.7 Å². The molecule has 0 spiro atoms. The van der Waals surface area contributed by atoms with Gasteiger partial charge in [-0.3, -0.25) is 9.59 Å². The highest BCUT2D eigenvalue weighted by atomic mass is 16.5. The normalized spacial score (nSPS) is 10.5. The minimum Gasteiger partial charge on any atom is -0.497 e. The predicted molar refractivity (Wildman–Crippen MR) is 109 cm³/mol. The zero-order chi connectivity index (χ0) is 20.2. The first-order valence-electron chi connectivity index (χ1n) is 9.09. The van der Waals surface area contributed by atoms with Crippen molar-refractivity contribution in [2.75, 3.05) is 19.0 Å². The zero-order valence-electron chi connectivity index (χ0n) is 16.1. The fraction of sp³-hybridized carbons (Fsp3) is 0.286. The smallest absolute Gasteiger partial charge is 0.240 e. The lowest BCUT2D eigenvalue weighted by atomic mass is 10.2. The van der Waals surface area contributed by atoms with Gasteiger partial charge < -0.3 is 14.8 Å². The van der Waals surface area contributed by atoms with Gasteiger partial charge in [0, 0.05) is 18.5 Å². The third-order valence-electron chi connectivity index (χ3n) is 3.69. The van der Waals surface area contributed by atoms with Crippen molar-refractivity contribution >= 4 is 23.7 Å². The number of hydrogen-bond donors (Lipinski definition) is 2. The number of carbonyl (C=O) groups excluding carboxylic acids is 2. The molecule has 0 unspecified atom stereocenters. The third-order valence-corrected chi connectivity index (χ3v) is 3.69. The van der Waals surface area contributed by atoms with Crippen LogP contribution in [0.5, 0.6) is 11.5 Å². The Morgan fingerprint density at radius 3 is 2.50 bits per heavy atom. The van der Waals surface area contributed by atoms with E-state index in [1.165, 1.54) is 6.21 Å². The Kier molecular flexibility index (Phi) is 8.52. The molecule has 0 saturated carbocycles. The molecule has 148 valence electrons. The molecule has 2 aromatic carbocycles. The molecule has 2 N–H and O–H groups in total. The Balaban J connectivity index is 1.73. The highest BCUT2D eigenvalue weighted by Gasteiger charge is 2.07. The molecule has 0 heterocycles. The number of amides is 2. The molecule has 2 rings (SSSR count). The summed E-state index contributed by atoms with van der Waals surface area (Å²) in [4.78, 5) is 23.8. The predicted octanol–water partition coefficient (Wildman–Crippen LogP) is 3.35. The Hall–Kier alpha value is -3.35. The van der Waals surface area contributed by atoms with E-state index < -0.39 is 0 Å². The molecule has 0 atom stereocenters. The molecular formula is C21H25N3O4. The van der Waals surface area contributed by atoms with Crippen LogP contribution in [0.15, 0.2) is 53.6 Å². The third kappa shape index (κ3) is 7.49. The Labute approximate surface area is 164 Å². The number of hydrazone groups is 1. The minimum atomic E-state index is -0.334. The number of nitrogens with one attached hydrogen (secondary N) is 2. The molecule has 0 bridgehead atoms. The molecule has 2 amide bonds. The SMILES string of the molecule is CCCOc1cccc(C=NNC(=O)CCC(=O)Nc2ccc(OC)cc2)c1. The number of anilines is 1. The van der Waals surface area contributed by atoms with Crippen LogP contribution in [-0.2, 0) is 9.59 Å². The van der Waals surface area contributed by atoms with Crippen molar-refractivity contribution in [3.05, 3.63) is 54.1 Å². The van der Waals surface area contributed by atoms with Crippen LogP contribution in [-0.4, -0.2) is 31.7 Å². The summed E-state index contributed by atoms with van der Waals surface area (Å²) >= 11 is 0. The summed E-state index contributed by atoms with van der Waals surface area (Å²) in [6, 6.07) is 14.4. The van der Waals surface area contributed by atoms with Gasteiger partial charge in [0.25, 0.3) is 0 Å². The van der Waals surface area contributed by atoms with Gasteiger partial charge >= 0.3 is 0 Å².